The van der Waals surface area contributed by atoms with E-state index in [-0.39, 0.29) is 21.8 Å². The largest absolute Gasteiger partial charge is 0.426 e. The van der Waals surface area contributed by atoms with Crippen LogP contribution < -0.4 is 4.52 Å². The molecule has 2 unspecified atom stereocenters. The van der Waals surface area contributed by atoms with Crippen LogP contribution in [0.1, 0.15) is 119 Å². The van der Waals surface area contributed by atoms with Crippen LogP contribution in [0, 0.1) is 0 Å². The van der Waals surface area contributed by atoms with Crippen LogP contribution in [0.2, 0.25) is 0 Å². The van der Waals surface area contributed by atoms with E-state index in [1.807, 2.05) is 0 Å². The van der Waals surface area contributed by atoms with E-state index in [2.05, 4.69) is 88.3 Å². The number of unbranched alkanes of at least 4 members (excludes halogenated alkanes) is 1. The molecule has 30 heavy (non-hydrogen) atoms. The molecule has 1 aromatic rings. The second-order valence-corrected chi connectivity index (χ2v) is 13.0. The summed E-state index contributed by atoms with van der Waals surface area (Å²) in [5.74, 6) is 0.955. The monoisotopic (exact) mass is 436 g/mol. The molecule has 3 nitrogen and oxygen atoms in total. The number of hydrogen-bond donors (Lipinski definition) is 0. The van der Waals surface area contributed by atoms with Crippen molar-refractivity contribution in [3.8, 4) is 5.75 Å². The summed E-state index contributed by atoms with van der Waals surface area (Å²) in [5.41, 5.74) is 3.59. The van der Waals surface area contributed by atoms with E-state index >= 15 is 0 Å². The lowest BCUT2D eigenvalue weighted by Crippen LogP contribution is -2.30. The van der Waals surface area contributed by atoms with Crippen LogP contribution in [0.15, 0.2) is 12.1 Å². The Morgan fingerprint density at radius 3 is 1.83 bits per heavy atom. The Hall–Kier alpha value is -0.630. The van der Waals surface area contributed by atoms with Crippen LogP contribution in [-0.4, -0.2) is 12.2 Å². The normalized spacial score (nSPS) is 23.1. The van der Waals surface area contributed by atoms with Gasteiger partial charge in [0.15, 0.2) is 0 Å². The molecule has 1 aliphatic rings. The number of rotatable bonds is 6. The van der Waals surface area contributed by atoms with E-state index in [0.717, 1.165) is 25.0 Å². The zero-order valence-corrected chi connectivity index (χ0v) is 22.3. The lowest BCUT2D eigenvalue weighted by Gasteiger charge is -2.33. The van der Waals surface area contributed by atoms with Gasteiger partial charge in [-0.05, 0) is 34.7 Å². The Kier molecular flexibility index (Phi) is 7.76. The molecule has 1 heterocycles. The van der Waals surface area contributed by atoms with Gasteiger partial charge >= 0.3 is 8.60 Å². The third kappa shape index (κ3) is 5.99. The summed E-state index contributed by atoms with van der Waals surface area (Å²) in [6, 6.07) is 4.67. The fourth-order valence-corrected chi connectivity index (χ4v) is 5.15. The lowest BCUT2D eigenvalue weighted by atomic mass is 9.75. The minimum absolute atomic E-state index is 0.0459. The minimum atomic E-state index is -1.40. The molecule has 0 spiro atoms. The average molecular weight is 437 g/mol. The summed E-state index contributed by atoms with van der Waals surface area (Å²) in [6.45, 7) is 25.4. The number of benzene rings is 1. The molecule has 172 valence electrons. The standard InChI is InChI=1S/C26H45O3P/c1-12-14-15-26(13-2)18-27-30(29-26)28-22-20(24(6,7)8)16-19(23(3,4)5)17-21(22)25(9,10)11/h16-17H,12-15,18H2,1-11H3. The zero-order chi connectivity index (χ0) is 23.0. The molecular weight excluding hydrogens is 391 g/mol. The molecule has 1 aliphatic heterocycles. The van der Waals surface area contributed by atoms with Crippen molar-refractivity contribution in [2.75, 3.05) is 6.61 Å². The topological polar surface area (TPSA) is 27.7 Å². The molecule has 0 saturated carbocycles. The number of hydrogen-bond acceptors (Lipinski definition) is 3. The SMILES string of the molecule is CCCCC1(CC)COP(Oc2c(C(C)(C)C)cc(C(C)(C)C)cc2C(C)(C)C)O1. The Labute approximate surface area is 187 Å². The maximum Gasteiger partial charge on any atom is 0.397 e. The van der Waals surface area contributed by atoms with Gasteiger partial charge < -0.3 is 4.52 Å². The third-order valence-corrected chi connectivity index (χ3v) is 7.28. The van der Waals surface area contributed by atoms with Crippen molar-refractivity contribution in [3.63, 3.8) is 0 Å². The Balaban J connectivity index is 2.51. The first-order chi connectivity index (χ1) is 13.6. The molecule has 0 aliphatic carbocycles. The van der Waals surface area contributed by atoms with Crippen molar-refractivity contribution < 1.29 is 13.6 Å². The van der Waals surface area contributed by atoms with Crippen LogP contribution in [0.25, 0.3) is 0 Å². The first kappa shape index (κ1) is 25.6. The van der Waals surface area contributed by atoms with Gasteiger partial charge in [0.2, 0.25) is 0 Å². The fourth-order valence-electron chi connectivity index (χ4n) is 3.74. The van der Waals surface area contributed by atoms with Gasteiger partial charge in [0.1, 0.15) is 11.4 Å². The van der Waals surface area contributed by atoms with Crippen molar-refractivity contribution in [2.45, 2.75) is 124 Å². The molecular formula is C26H45O3P. The van der Waals surface area contributed by atoms with Crippen molar-refractivity contribution in [1.29, 1.82) is 0 Å². The van der Waals surface area contributed by atoms with Crippen LogP contribution in [-0.2, 0) is 25.3 Å². The van der Waals surface area contributed by atoms with Crippen LogP contribution in [0.4, 0.5) is 0 Å². The average Bonchev–Trinajstić information content (AvgIpc) is 3.00. The maximum atomic E-state index is 6.62. The quantitative estimate of drug-likeness (QED) is 0.418. The molecule has 1 aromatic carbocycles. The van der Waals surface area contributed by atoms with Crippen LogP contribution >= 0.6 is 8.60 Å². The predicted molar refractivity (Wildman–Crippen MR) is 130 cm³/mol. The molecule has 1 fully saturated rings. The second kappa shape index (κ2) is 9.08. The highest BCUT2D eigenvalue weighted by Gasteiger charge is 2.43. The smallest absolute Gasteiger partial charge is 0.397 e. The zero-order valence-electron chi connectivity index (χ0n) is 21.4. The fraction of sp³-hybridized carbons (Fsp3) is 0.769. The van der Waals surface area contributed by atoms with Gasteiger partial charge in [-0.15, -0.1) is 0 Å². The van der Waals surface area contributed by atoms with Gasteiger partial charge in [-0.25, -0.2) is 0 Å². The minimum Gasteiger partial charge on any atom is -0.426 e. The third-order valence-electron chi connectivity index (χ3n) is 6.07. The molecule has 0 aromatic heterocycles. The van der Waals surface area contributed by atoms with Gasteiger partial charge in [0, 0.05) is 11.1 Å². The summed E-state index contributed by atoms with van der Waals surface area (Å²) in [4.78, 5) is 0. The first-order valence-electron chi connectivity index (χ1n) is 11.6. The molecule has 2 atom stereocenters. The van der Waals surface area contributed by atoms with Gasteiger partial charge in [0.25, 0.3) is 0 Å². The summed E-state index contributed by atoms with van der Waals surface area (Å²) in [6.07, 6.45) is 4.31. The van der Waals surface area contributed by atoms with Crippen LogP contribution in [0.5, 0.6) is 5.75 Å². The van der Waals surface area contributed by atoms with Gasteiger partial charge in [-0.2, -0.15) is 0 Å². The molecule has 0 amide bonds. The summed E-state index contributed by atoms with van der Waals surface area (Å²) in [7, 11) is -1.40. The van der Waals surface area contributed by atoms with Gasteiger partial charge in [0.05, 0.1) is 6.61 Å². The van der Waals surface area contributed by atoms with E-state index in [1.54, 1.807) is 0 Å². The first-order valence-corrected chi connectivity index (χ1v) is 12.7. The summed E-state index contributed by atoms with van der Waals surface area (Å²) >= 11 is 0. The lowest BCUT2D eigenvalue weighted by molar-refractivity contribution is 0.0762. The van der Waals surface area contributed by atoms with E-state index < -0.39 is 8.60 Å². The summed E-state index contributed by atoms with van der Waals surface area (Å²) in [5, 5.41) is 0. The molecule has 0 N–H and O–H groups in total. The molecule has 2 rings (SSSR count). The molecule has 1 saturated heterocycles. The van der Waals surface area contributed by atoms with Crippen molar-refractivity contribution in [3.05, 3.63) is 28.8 Å². The molecule has 4 heteroatoms. The van der Waals surface area contributed by atoms with E-state index in [4.69, 9.17) is 13.6 Å². The van der Waals surface area contributed by atoms with E-state index in [1.165, 1.54) is 23.1 Å². The molecule has 0 bridgehead atoms. The van der Waals surface area contributed by atoms with Gasteiger partial charge in [-0.3, -0.25) is 9.05 Å². The maximum absolute atomic E-state index is 6.62. The van der Waals surface area contributed by atoms with Gasteiger partial charge in [-0.1, -0.05) is 101 Å². The van der Waals surface area contributed by atoms with Crippen molar-refractivity contribution >= 4 is 8.60 Å². The molecule has 0 radical (unpaired) electrons. The Bertz CT molecular complexity index is 686. The Morgan fingerprint density at radius 2 is 1.43 bits per heavy atom. The highest BCUT2D eigenvalue weighted by Crippen LogP contribution is 2.56. The second-order valence-electron chi connectivity index (χ2n) is 12.0. The van der Waals surface area contributed by atoms with Crippen molar-refractivity contribution in [2.24, 2.45) is 0 Å². The van der Waals surface area contributed by atoms with E-state index in [9.17, 15) is 0 Å². The Morgan fingerprint density at radius 1 is 0.900 bits per heavy atom. The van der Waals surface area contributed by atoms with Crippen molar-refractivity contribution in [1.82, 2.24) is 0 Å². The summed E-state index contributed by atoms with van der Waals surface area (Å²) < 4.78 is 19.2. The van der Waals surface area contributed by atoms with Crippen LogP contribution in [0.3, 0.4) is 0 Å². The highest BCUT2D eigenvalue weighted by molar-refractivity contribution is 7.42. The van der Waals surface area contributed by atoms with E-state index in [0.29, 0.717) is 6.61 Å². The highest BCUT2D eigenvalue weighted by atomic mass is 31.2. The predicted octanol–water partition coefficient (Wildman–Crippen LogP) is 8.57.